The Balaban J connectivity index is 1.31. The molecular weight excluding hydrogens is 480 g/mol. The third kappa shape index (κ3) is 4.26. The number of carbonyl (C=O) groups excluding carboxylic acids is 3. The van der Waals surface area contributed by atoms with Crippen molar-refractivity contribution < 1.29 is 19.1 Å². The molecule has 1 saturated heterocycles. The minimum absolute atomic E-state index is 0.0227. The largest absolute Gasteiger partial charge is 0.376 e. The van der Waals surface area contributed by atoms with Gasteiger partial charge in [0.15, 0.2) is 0 Å². The first kappa shape index (κ1) is 24.7. The van der Waals surface area contributed by atoms with E-state index >= 15 is 0 Å². The monoisotopic (exact) mass is 514 g/mol. The molecule has 4 heterocycles. The minimum atomic E-state index is -0.729. The minimum Gasteiger partial charge on any atom is -0.376 e. The lowest BCUT2D eigenvalue weighted by molar-refractivity contribution is -0.132. The number of aromatic nitrogens is 1. The van der Waals surface area contributed by atoms with Crippen LogP contribution in [0.2, 0.25) is 0 Å². The molecule has 0 radical (unpaired) electrons. The van der Waals surface area contributed by atoms with Crippen molar-refractivity contribution in [1.82, 2.24) is 20.5 Å². The zero-order valence-electron chi connectivity index (χ0n) is 21.8. The number of fused-ring (bicyclic) bond motifs is 7. The molecule has 1 aromatic heterocycles. The van der Waals surface area contributed by atoms with Crippen molar-refractivity contribution in [3.05, 3.63) is 70.9 Å². The second kappa shape index (κ2) is 9.91. The lowest BCUT2D eigenvalue weighted by Gasteiger charge is -2.38. The van der Waals surface area contributed by atoms with E-state index in [0.717, 1.165) is 47.2 Å². The summed E-state index contributed by atoms with van der Waals surface area (Å²) in [5.74, 6) is -0.465. The molecule has 3 aromatic rings. The fraction of sp³-hybridized carbons (Fsp3) is 0.433. The number of nitrogens with zero attached hydrogens (tertiary/aromatic N) is 1. The summed E-state index contributed by atoms with van der Waals surface area (Å²) in [5, 5.41) is 7.07. The lowest BCUT2D eigenvalue weighted by Crippen LogP contribution is -2.57. The number of carbonyl (C=O) groups is 3. The predicted molar refractivity (Wildman–Crippen MR) is 144 cm³/mol. The molecule has 0 unspecified atom stereocenters. The molecule has 0 saturated carbocycles. The van der Waals surface area contributed by atoms with Gasteiger partial charge in [-0.15, -0.1) is 0 Å². The Kier molecular flexibility index (Phi) is 6.43. The third-order valence-electron chi connectivity index (χ3n) is 8.02. The van der Waals surface area contributed by atoms with Crippen LogP contribution in [0.25, 0.3) is 10.9 Å². The molecule has 6 rings (SSSR count). The van der Waals surface area contributed by atoms with Crippen LogP contribution in [0.1, 0.15) is 66.3 Å². The number of amides is 3. The molecule has 8 heteroatoms. The first-order valence-corrected chi connectivity index (χ1v) is 13.6. The van der Waals surface area contributed by atoms with Gasteiger partial charge in [0.1, 0.15) is 12.1 Å². The Morgan fingerprint density at radius 3 is 2.71 bits per heavy atom. The smallest absolute Gasteiger partial charge is 0.255 e. The van der Waals surface area contributed by atoms with Crippen LogP contribution in [0.5, 0.6) is 0 Å². The van der Waals surface area contributed by atoms with E-state index in [-0.39, 0.29) is 35.8 Å². The van der Waals surface area contributed by atoms with E-state index in [0.29, 0.717) is 24.9 Å². The summed E-state index contributed by atoms with van der Waals surface area (Å²) in [6, 6.07) is 13.8. The van der Waals surface area contributed by atoms with Gasteiger partial charge in [-0.1, -0.05) is 50.2 Å². The van der Waals surface area contributed by atoms with E-state index in [1.54, 1.807) is 4.90 Å². The summed E-state index contributed by atoms with van der Waals surface area (Å²) in [7, 11) is 0. The normalized spacial score (nSPS) is 22.8. The number of para-hydroxylation sites is 1. The first-order chi connectivity index (χ1) is 18.4. The highest BCUT2D eigenvalue weighted by Crippen LogP contribution is 2.46. The van der Waals surface area contributed by atoms with Crippen LogP contribution in [0.3, 0.4) is 0 Å². The Morgan fingerprint density at radius 1 is 1.13 bits per heavy atom. The third-order valence-corrected chi connectivity index (χ3v) is 8.02. The Hall–Kier alpha value is -3.65. The number of hydrogen-bond donors (Lipinski definition) is 3. The van der Waals surface area contributed by atoms with E-state index in [1.165, 1.54) is 0 Å². The standard InChI is InChI=1S/C30H34N4O4/c1-17(2)14-24(28(35)31-16-18-8-7-13-38-18)33-29(36)25-15-22-19-9-5-6-12-23(19)32-26(22)27-20-10-3-4-11-21(20)30(37)34(25)27/h3-6,9-12,17-18,24-25,27,32H,7-8,13-16H2,1-2H3,(H,31,35)(H,33,36)/t18-,24+,25+,27-/m1/s1. The molecule has 3 aliphatic rings. The second-order valence-corrected chi connectivity index (χ2v) is 11.1. The number of rotatable bonds is 7. The lowest BCUT2D eigenvalue weighted by atomic mass is 9.89. The number of ether oxygens (including phenoxy) is 1. The summed E-state index contributed by atoms with van der Waals surface area (Å²) < 4.78 is 5.64. The number of nitrogens with one attached hydrogen (secondary N) is 3. The zero-order valence-corrected chi connectivity index (χ0v) is 21.8. The summed E-state index contributed by atoms with van der Waals surface area (Å²) >= 11 is 0. The number of benzene rings is 2. The molecule has 0 spiro atoms. The summed E-state index contributed by atoms with van der Waals surface area (Å²) in [6.07, 6.45) is 2.83. The van der Waals surface area contributed by atoms with Crippen molar-refractivity contribution in [1.29, 1.82) is 0 Å². The number of hydrogen-bond acceptors (Lipinski definition) is 4. The van der Waals surface area contributed by atoms with E-state index in [9.17, 15) is 14.4 Å². The topological polar surface area (TPSA) is 104 Å². The predicted octanol–water partition coefficient (Wildman–Crippen LogP) is 3.46. The maximum atomic E-state index is 13.9. The van der Waals surface area contributed by atoms with E-state index in [2.05, 4.69) is 21.7 Å². The van der Waals surface area contributed by atoms with Crippen molar-refractivity contribution in [2.24, 2.45) is 5.92 Å². The maximum Gasteiger partial charge on any atom is 0.255 e. The summed E-state index contributed by atoms with van der Waals surface area (Å²) in [5.41, 5.74) is 4.52. The Labute approximate surface area is 222 Å². The highest BCUT2D eigenvalue weighted by Gasteiger charge is 2.49. The van der Waals surface area contributed by atoms with Gasteiger partial charge in [-0.05, 0) is 48.4 Å². The molecule has 198 valence electrons. The molecule has 3 aliphatic heterocycles. The molecule has 3 amide bonds. The van der Waals surface area contributed by atoms with Crippen LogP contribution in [-0.4, -0.2) is 58.9 Å². The summed E-state index contributed by atoms with van der Waals surface area (Å²) in [6.45, 7) is 5.22. The molecule has 2 aromatic carbocycles. The Bertz CT molecular complexity index is 1390. The fourth-order valence-corrected chi connectivity index (χ4v) is 6.25. The quantitative estimate of drug-likeness (QED) is 0.449. The first-order valence-electron chi connectivity index (χ1n) is 13.6. The van der Waals surface area contributed by atoms with Crippen LogP contribution in [0, 0.1) is 5.92 Å². The molecular formula is C30H34N4O4. The molecule has 4 atom stereocenters. The van der Waals surface area contributed by atoms with Gasteiger partial charge < -0.3 is 25.3 Å². The molecule has 3 N–H and O–H groups in total. The van der Waals surface area contributed by atoms with Gasteiger partial charge in [0, 0.05) is 41.7 Å². The van der Waals surface area contributed by atoms with Gasteiger partial charge in [0.25, 0.3) is 5.91 Å². The highest BCUT2D eigenvalue weighted by atomic mass is 16.5. The van der Waals surface area contributed by atoms with Crippen LogP contribution in [0.4, 0.5) is 0 Å². The highest BCUT2D eigenvalue weighted by molar-refractivity contribution is 6.04. The van der Waals surface area contributed by atoms with Gasteiger partial charge in [-0.3, -0.25) is 14.4 Å². The fourth-order valence-electron chi connectivity index (χ4n) is 6.25. The van der Waals surface area contributed by atoms with Crippen molar-refractivity contribution in [3.8, 4) is 0 Å². The van der Waals surface area contributed by atoms with Crippen molar-refractivity contribution in [2.45, 2.75) is 63.8 Å². The molecule has 38 heavy (non-hydrogen) atoms. The van der Waals surface area contributed by atoms with Crippen LogP contribution >= 0.6 is 0 Å². The van der Waals surface area contributed by atoms with Crippen molar-refractivity contribution in [3.63, 3.8) is 0 Å². The maximum absolute atomic E-state index is 13.9. The number of H-pyrrole nitrogens is 1. The van der Waals surface area contributed by atoms with Crippen LogP contribution < -0.4 is 10.6 Å². The average molecular weight is 515 g/mol. The SMILES string of the molecule is CC(C)C[C@H](NC(=O)[C@@H]1Cc2c([nH]c3ccccc23)[C@H]2c3ccccc3C(=O)N21)C(=O)NC[C@H]1CCCO1. The zero-order chi connectivity index (χ0) is 26.4. The van der Waals surface area contributed by atoms with Gasteiger partial charge in [0.2, 0.25) is 11.8 Å². The number of aromatic amines is 1. The second-order valence-electron chi connectivity index (χ2n) is 11.1. The van der Waals surface area contributed by atoms with Crippen molar-refractivity contribution >= 4 is 28.6 Å². The Morgan fingerprint density at radius 2 is 1.92 bits per heavy atom. The molecule has 8 nitrogen and oxygen atoms in total. The van der Waals surface area contributed by atoms with E-state index in [4.69, 9.17) is 4.74 Å². The van der Waals surface area contributed by atoms with Crippen molar-refractivity contribution in [2.75, 3.05) is 13.2 Å². The summed E-state index contributed by atoms with van der Waals surface area (Å²) in [4.78, 5) is 46.0. The van der Waals surface area contributed by atoms with Gasteiger partial charge in [-0.2, -0.15) is 0 Å². The van der Waals surface area contributed by atoms with E-state index in [1.807, 2.05) is 56.3 Å². The molecule has 0 aliphatic carbocycles. The van der Waals surface area contributed by atoms with E-state index < -0.39 is 12.1 Å². The van der Waals surface area contributed by atoms with Gasteiger partial charge >= 0.3 is 0 Å². The van der Waals surface area contributed by atoms with Crippen LogP contribution in [-0.2, 0) is 20.7 Å². The van der Waals surface area contributed by atoms with Gasteiger partial charge in [-0.25, -0.2) is 0 Å². The molecule has 1 fully saturated rings. The van der Waals surface area contributed by atoms with Gasteiger partial charge in [0.05, 0.1) is 12.1 Å². The average Bonchev–Trinajstić information content (AvgIpc) is 3.63. The molecule has 0 bridgehead atoms. The van der Waals surface area contributed by atoms with Crippen LogP contribution in [0.15, 0.2) is 48.5 Å².